The number of carbonyl (C=O) groups excluding carboxylic acids is 1. The number of hydrogen-bond acceptors (Lipinski definition) is 2. The SMILES string of the molecule is CC(CCN)C(=O)Nc1cc(F)c(Br)cc1F. The fraction of sp³-hybridized carbons (Fsp3) is 0.364. The van der Waals surface area contributed by atoms with E-state index < -0.39 is 11.6 Å². The molecule has 3 N–H and O–H groups in total. The second-order valence-electron chi connectivity index (χ2n) is 3.71. The number of carbonyl (C=O) groups is 1. The first-order chi connectivity index (χ1) is 7.95. The molecule has 94 valence electrons. The number of halogens is 3. The van der Waals surface area contributed by atoms with Gasteiger partial charge in [-0.3, -0.25) is 4.79 Å². The van der Waals surface area contributed by atoms with E-state index in [9.17, 15) is 13.6 Å². The van der Waals surface area contributed by atoms with Crippen LogP contribution in [0.2, 0.25) is 0 Å². The van der Waals surface area contributed by atoms with Gasteiger partial charge in [-0.05, 0) is 35.0 Å². The molecule has 0 aliphatic carbocycles. The van der Waals surface area contributed by atoms with E-state index in [1.807, 2.05) is 0 Å². The summed E-state index contributed by atoms with van der Waals surface area (Å²) < 4.78 is 26.6. The Hall–Kier alpha value is -1.01. The summed E-state index contributed by atoms with van der Waals surface area (Å²) in [5.41, 5.74) is 5.15. The van der Waals surface area contributed by atoms with Crippen molar-refractivity contribution in [2.45, 2.75) is 13.3 Å². The maximum absolute atomic E-state index is 13.4. The molecule has 0 heterocycles. The Kier molecular flexibility index (Phi) is 5.02. The molecule has 0 aliphatic rings. The van der Waals surface area contributed by atoms with Crippen LogP contribution in [0, 0.1) is 17.6 Å². The highest BCUT2D eigenvalue weighted by Gasteiger charge is 2.15. The third-order valence-electron chi connectivity index (χ3n) is 2.32. The number of anilines is 1. The molecule has 1 unspecified atom stereocenters. The highest BCUT2D eigenvalue weighted by molar-refractivity contribution is 9.10. The largest absolute Gasteiger partial charge is 0.330 e. The molecule has 1 atom stereocenters. The standard InChI is InChI=1S/C11H13BrF2N2O/c1-6(2-3-15)11(17)16-10-5-8(13)7(12)4-9(10)14/h4-6H,2-3,15H2,1H3,(H,16,17). The predicted molar refractivity (Wildman–Crippen MR) is 65.5 cm³/mol. The molecule has 6 heteroatoms. The molecule has 1 aromatic rings. The molecule has 0 bridgehead atoms. The number of nitrogens with two attached hydrogens (primary N) is 1. The minimum absolute atomic E-state index is 0.0167. The van der Waals surface area contributed by atoms with Gasteiger partial charge in [0.25, 0.3) is 0 Å². The first-order valence-electron chi connectivity index (χ1n) is 5.11. The molecule has 3 nitrogen and oxygen atoms in total. The second kappa shape index (κ2) is 6.07. The van der Waals surface area contributed by atoms with Gasteiger partial charge < -0.3 is 11.1 Å². The van der Waals surface area contributed by atoms with Crippen LogP contribution < -0.4 is 11.1 Å². The molecule has 1 amide bonds. The van der Waals surface area contributed by atoms with Crippen molar-refractivity contribution in [3.8, 4) is 0 Å². The maximum atomic E-state index is 13.4. The summed E-state index contributed by atoms with van der Waals surface area (Å²) >= 11 is 2.86. The van der Waals surface area contributed by atoms with Crippen molar-refractivity contribution in [1.82, 2.24) is 0 Å². The fourth-order valence-electron chi connectivity index (χ4n) is 1.26. The van der Waals surface area contributed by atoms with Crippen molar-refractivity contribution < 1.29 is 13.6 Å². The predicted octanol–water partition coefficient (Wildman–Crippen LogP) is 2.65. The van der Waals surface area contributed by atoms with Crippen molar-refractivity contribution in [1.29, 1.82) is 0 Å². The van der Waals surface area contributed by atoms with Gasteiger partial charge in [0.1, 0.15) is 11.6 Å². The van der Waals surface area contributed by atoms with E-state index in [4.69, 9.17) is 5.73 Å². The lowest BCUT2D eigenvalue weighted by atomic mass is 10.1. The van der Waals surface area contributed by atoms with Crippen molar-refractivity contribution >= 4 is 27.5 Å². The summed E-state index contributed by atoms with van der Waals surface area (Å²) in [5.74, 6) is -2.04. The third-order valence-corrected chi connectivity index (χ3v) is 2.92. The lowest BCUT2D eigenvalue weighted by Gasteiger charge is -2.12. The molecule has 0 aliphatic heterocycles. The number of hydrogen-bond donors (Lipinski definition) is 2. The molecular weight excluding hydrogens is 294 g/mol. The van der Waals surface area contributed by atoms with E-state index in [0.717, 1.165) is 12.1 Å². The maximum Gasteiger partial charge on any atom is 0.227 e. The van der Waals surface area contributed by atoms with Gasteiger partial charge in [0.2, 0.25) is 5.91 Å². The molecule has 0 fully saturated rings. The highest BCUT2D eigenvalue weighted by atomic mass is 79.9. The van der Waals surface area contributed by atoms with E-state index in [0.29, 0.717) is 13.0 Å². The van der Waals surface area contributed by atoms with Crippen LogP contribution >= 0.6 is 15.9 Å². The summed E-state index contributed by atoms with van der Waals surface area (Å²) in [6.07, 6.45) is 0.493. The molecule has 17 heavy (non-hydrogen) atoms. The minimum Gasteiger partial charge on any atom is -0.330 e. The number of nitrogens with one attached hydrogen (secondary N) is 1. The molecule has 1 aromatic carbocycles. The van der Waals surface area contributed by atoms with E-state index in [-0.39, 0.29) is 22.0 Å². The zero-order chi connectivity index (χ0) is 13.0. The van der Waals surface area contributed by atoms with Gasteiger partial charge in [-0.2, -0.15) is 0 Å². The summed E-state index contributed by atoms with van der Waals surface area (Å²) in [6.45, 7) is 2.04. The van der Waals surface area contributed by atoms with Crippen molar-refractivity contribution in [3.63, 3.8) is 0 Å². The van der Waals surface area contributed by atoms with Crippen LogP contribution in [0.25, 0.3) is 0 Å². The van der Waals surface area contributed by atoms with E-state index in [1.165, 1.54) is 0 Å². The quantitative estimate of drug-likeness (QED) is 0.840. The summed E-state index contributed by atoms with van der Waals surface area (Å²) in [4.78, 5) is 11.6. The lowest BCUT2D eigenvalue weighted by Crippen LogP contribution is -2.23. The first-order valence-corrected chi connectivity index (χ1v) is 5.90. The van der Waals surface area contributed by atoms with Crippen LogP contribution in [0.15, 0.2) is 16.6 Å². The van der Waals surface area contributed by atoms with Gasteiger partial charge in [-0.15, -0.1) is 0 Å². The Balaban J connectivity index is 2.81. The van der Waals surface area contributed by atoms with E-state index in [2.05, 4.69) is 21.2 Å². The number of rotatable bonds is 4. The number of amides is 1. The zero-order valence-electron chi connectivity index (χ0n) is 9.27. The Morgan fingerprint density at radius 3 is 2.71 bits per heavy atom. The second-order valence-corrected chi connectivity index (χ2v) is 4.57. The molecule has 0 saturated heterocycles. The van der Waals surface area contributed by atoms with Gasteiger partial charge in [0, 0.05) is 12.0 Å². The normalized spacial score (nSPS) is 12.3. The number of benzene rings is 1. The molecule has 0 aromatic heterocycles. The fourth-order valence-corrected chi connectivity index (χ4v) is 1.57. The minimum atomic E-state index is -0.688. The van der Waals surface area contributed by atoms with Gasteiger partial charge in [0.15, 0.2) is 0 Å². The van der Waals surface area contributed by atoms with Crippen LogP contribution in [0.3, 0.4) is 0 Å². The Morgan fingerprint density at radius 2 is 2.12 bits per heavy atom. The Morgan fingerprint density at radius 1 is 1.47 bits per heavy atom. The van der Waals surface area contributed by atoms with Gasteiger partial charge in [-0.25, -0.2) is 8.78 Å². The van der Waals surface area contributed by atoms with Crippen LogP contribution in [-0.4, -0.2) is 12.5 Å². The molecule has 0 saturated carbocycles. The Labute approximate surface area is 107 Å². The topological polar surface area (TPSA) is 55.1 Å². The third kappa shape index (κ3) is 3.74. The summed E-state index contributed by atoms with van der Waals surface area (Å²) in [7, 11) is 0. The highest BCUT2D eigenvalue weighted by Crippen LogP contribution is 2.23. The monoisotopic (exact) mass is 306 g/mol. The average molecular weight is 307 g/mol. The molecule has 0 radical (unpaired) electrons. The lowest BCUT2D eigenvalue weighted by molar-refractivity contribution is -0.119. The average Bonchev–Trinajstić information content (AvgIpc) is 2.26. The molecule has 1 rings (SSSR count). The summed E-state index contributed by atoms with van der Waals surface area (Å²) in [5, 5.41) is 2.33. The molecule has 0 spiro atoms. The van der Waals surface area contributed by atoms with Crippen LogP contribution in [0.5, 0.6) is 0 Å². The first kappa shape index (κ1) is 14.1. The van der Waals surface area contributed by atoms with Gasteiger partial charge in [-0.1, -0.05) is 6.92 Å². The van der Waals surface area contributed by atoms with Crippen molar-refractivity contribution in [2.24, 2.45) is 11.7 Å². The molecular formula is C11H13BrF2N2O. The van der Waals surface area contributed by atoms with Crippen LogP contribution in [0.4, 0.5) is 14.5 Å². The van der Waals surface area contributed by atoms with Crippen LogP contribution in [-0.2, 0) is 4.79 Å². The van der Waals surface area contributed by atoms with E-state index in [1.54, 1.807) is 6.92 Å². The van der Waals surface area contributed by atoms with Crippen molar-refractivity contribution in [2.75, 3.05) is 11.9 Å². The van der Waals surface area contributed by atoms with Crippen LogP contribution in [0.1, 0.15) is 13.3 Å². The smallest absolute Gasteiger partial charge is 0.227 e. The van der Waals surface area contributed by atoms with Crippen molar-refractivity contribution in [3.05, 3.63) is 28.2 Å². The van der Waals surface area contributed by atoms with Gasteiger partial charge in [0.05, 0.1) is 10.2 Å². The van der Waals surface area contributed by atoms with Gasteiger partial charge >= 0.3 is 0 Å². The Bertz CT molecular complexity index is 426. The van der Waals surface area contributed by atoms with E-state index >= 15 is 0 Å². The summed E-state index contributed by atoms with van der Waals surface area (Å²) in [6, 6.07) is 1.91. The zero-order valence-corrected chi connectivity index (χ0v) is 10.9.